The summed E-state index contributed by atoms with van der Waals surface area (Å²) in [5, 5.41) is 0. The molecule has 0 aromatic heterocycles. The minimum atomic E-state index is 0.0184. The molecule has 18 heavy (non-hydrogen) atoms. The normalized spacial score (nSPS) is 13.1. The van der Waals surface area contributed by atoms with Crippen LogP contribution in [0.15, 0.2) is 42.5 Å². The third kappa shape index (κ3) is 1.64. The standard InChI is InChI=1S/C15H12O3/c1-17-14-8-15-12(13(16)9-18-15)7-11(14)10-5-3-2-4-6-10/h2-8H,9H2,1H3. The molecule has 3 heteroatoms. The lowest BCUT2D eigenvalue weighted by molar-refractivity contribution is 0.0961. The second-order valence-electron chi connectivity index (χ2n) is 4.13. The van der Waals surface area contributed by atoms with E-state index in [1.165, 1.54) is 0 Å². The molecule has 2 aromatic carbocycles. The van der Waals surface area contributed by atoms with Gasteiger partial charge in [0.15, 0.2) is 6.61 Å². The Morgan fingerprint density at radius 3 is 2.61 bits per heavy atom. The van der Waals surface area contributed by atoms with Gasteiger partial charge in [0.1, 0.15) is 11.5 Å². The van der Waals surface area contributed by atoms with E-state index in [-0.39, 0.29) is 12.4 Å². The van der Waals surface area contributed by atoms with Crippen molar-refractivity contribution in [2.75, 3.05) is 13.7 Å². The van der Waals surface area contributed by atoms with Crippen LogP contribution >= 0.6 is 0 Å². The first kappa shape index (κ1) is 10.8. The fraction of sp³-hybridized carbons (Fsp3) is 0.133. The van der Waals surface area contributed by atoms with Crippen molar-refractivity contribution in [3.8, 4) is 22.6 Å². The molecule has 3 nitrogen and oxygen atoms in total. The number of Topliss-reactive ketones (excluding diaryl/α,β-unsaturated/α-hetero) is 1. The van der Waals surface area contributed by atoms with Crippen molar-refractivity contribution in [1.29, 1.82) is 0 Å². The van der Waals surface area contributed by atoms with Crippen molar-refractivity contribution in [3.63, 3.8) is 0 Å². The fourth-order valence-electron chi connectivity index (χ4n) is 2.13. The Morgan fingerprint density at radius 1 is 1.11 bits per heavy atom. The van der Waals surface area contributed by atoms with E-state index in [4.69, 9.17) is 9.47 Å². The Hall–Kier alpha value is -2.29. The Bertz CT molecular complexity index is 603. The van der Waals surface area contributed by atoms with Crippen LogP contribution in [0.3, 0.4) is 0 Å². The molecule has 1 heterocycles. The van der Waals surface area contributed by atoms with Gasteiger partial charge in [-0.15, -0.1) is 0 Å². The van der Waals surface area contributed by atoms with Crippen molar-refractivity contribution in [3.05, 3.63) is 48.0 Å². The van der Waals surface area contributed by atoms with Gasteiger partial charge in [-0.2, -0.15) is 0 Å². The molecular formula is C15H12O3. The second-order valence-corrected chi connectivity index (χ2v) is 4.13. The zero-order valence-electron chi connectivity index (χ0n) is 9.97. The highest BCUT2D eigenvalue weighted by molar-refractivity contribution is 6.03. The molecule has 0 saturated heterocycles. The third-order valence-electron chi connectivity index (χ3n) is 3.05. The molecule has 1 aliphatic rings. The number of methoxy groups -OCH3 is 1. The van der Waals surface area contributed by atoms with Gasteiger partial charge in [0.25, 0.3) is 0 Å². The van der Waals surface area contributed by atoms with E-state index >= 15 is 0 Å². The molecule has 2 aromatic rings. The van der Waals surface area contributed by atoms with Gasteiger partial charge in [0, 0.05) is 11.6 Å². The Kier molecular flexibility index (Phi) is 2.52. The van der Waals surface area contributed by atoms with Gasteiger partial charge < -0.3 is 9.47 Å². The van der Waals surface area contributed by atoms with Crippen molar-refractivity contribution in [2.45, 2.75) is 0 Å². The van der Waals surface area contributed by atoms with E-state index in [0.29, 0.717) is 11.3 Å². The summed E-state index contributed by atoms with van der Waals surface area (Å²) in [4.78, 5) is 11.7. The molecule has 0 aliphatic carbocycles. The lowest BCUT2D eigenvalue weighted by Gasteiger charge is -2.10. The van der Waals surface area contributed by atoms with Gasteiger partial charge in [-0.3, -0.25) is 4.79 Å². The van der Waals surface area contributed by atoms with Gasteiger partial charge in [-0.1, -0.05) is 30.3 Å². The quantitative estimate of drug-likeness (QED) is 0.809. The van der Waals surface area contributed by atoms with Crippen LogP contribution in [-0.2, 0) is 0 Å². The Morgan fingerprint density at radius 2 is 1.89 bits per heavy atom. The first-order valence-corrected chi connectivity index (χ1v) is 5.73. The highest BCUT2D eigenvalue weighted by atomic mass is 16.5. The maximum atomic E-state index is 11.7. The van der Waals surface area contributed by atoms with Crippen LogP contribution in [0.5, 0.6) is 11.5 Å². The third-order valence-corrected chi connectivity index (χ3v) is 3.05. The maximum Gasteiger partial charge on any atom is 0.203 e. The predicted molar refractivity (Wildman–Crippen MR) is 68.3 cm³/mol. The Labute approximate surface area is 105 Å². The molecule has 0 radical (unpaired) electrons. The molecule has 90 valence electrons. The second kappa shape index (κ2) is 4.18. The minimum absolute atomic E-state index is 0.0184. The van der Waals surface area contributed by atoms with Crippen LogP contribution in [0.2, 0.25) is 0 Å². The first-order chi connectivity index (χ1) is 8.79. The molecule has 3 rings (SSSR count). The van der Waals surface area contributed by atoms with Gasteiger partial charge in [0.05, 0.1) is 12.7 Å². The summed E-state index contributed by atoms with van der Waals surface area (Å²) in [5.74, 6) is 1.34. The molecule has 0 bridgehead atoms. The van der Waals surface area contributed by atoms with Crippen LogP contribution < -0.4 is 9.47 Å². The summed E-state index contributed by atoms with van der Waals surface area (Å²) in [5.41, 5.74) is 2.57. The average Bonchev–Trinajstić information content (AvgIpc) is 2.79. The van der Waals surface area contributed by atoms with E-state index in [9.17, 15) is 4.79 Å². The topological polar surface area (TPSA) is 35.5 Å². The van der Waals surface area contributed by atoms with Crippen LogP contribution in [0.1, 0.15) is 10.4 Å². The molecule has 0 fully saturated rings. The smallest absolute Gasteiger partial charge is 0.203 e. The van der Waals surface area contributed by atoms with E-state index in [1.807, 2.05) is 36.4 Å². The van der Waals surface area contributed by atoms with Crippen molar-refractivity contribution < 1.29 is 14.3 Å². The van der Waals surface area contributed by atoms with E-state index in [2.05, 4.69) is 0 Å². The zero-order chi connectivity index (χ0) is 12.5. The molecule has 0 amide bonds. The molecule has 0 N–H and O–H groups in total. The summed E-state index contributed by atoms with van der Waals surface area (Å²) in [6.07, 6.45) is 0. The summed E-state index contributed by atoms with van der Waals surface area (Å²) in [7, 11) is 1.62. The largest absolute Gasteiger partial charge is 0.496 e. The number of benzene rings is 2. The first-order valence-electron chi connectivity index (χ1n) is 5.73. The van der Waals surface area contributed by atoms with Crippen LogP contribution in [-0.4, -0.2) is 19.5 Å². The predicted octanol–water partition coefficient (Wildman–Crippen LogP) is 2.94. The number of hydrogen-bond donors (Lipinski definition) is 0. The summed E-state index contributed by atoms with van der Waals surface area (Å²) >= 11 is 0. The summed E-state index contributed by atoms with van der Waals surface area (Å²) in [6, 6.07) is 13.5. The average molecular weight is 240 g/mol. The van der Waals surface area contributed by atoms with Crippen molar-refractivity contribution >= 4 is 5.78 Å². The van der Waals surface area contributed by atoms with Crippen LogP contribution in [0.25, 0.3) is 11.1 Å². The van der Waals surface area contributed by atoms with E-state index < -0.39 is 0 Å². The molecule has 1 aliphatic heterocycles. The highest BCUT2D eigenvalue weighted by Crippen LogP contribution is 2.38. The fourth-order valence-corrected chi connectivity index (χ4v) is 2.13. The number of carbonyl (C=O) groups excluding carboxylic acids is 1. The number of rotatable bonds is 2. The van der Waals surface area contributed by atoms with Crippen LogP contribution in [0.4, 0.5) is 0 Å². The summed E-state index contributed by atoms with van der Waals surface area (Å²) in [6.45, 7) is 0.122. The highest BCUT2D eigenvalue weighted by Gasteiger charge is 2.24. The number of hydrogen-bond acceptors (Lipinski definition) is 3. The number of fused-ring (bicyclic) bond motifs is 1. The number of ether oxygens (including phenoxy) is 2. The lowest BCUT2D eigenvalue weighted by atomic mass is 10.0. The number of carbonyl (C=O) groups is 1. The molecule has 0 saturated carbocycles. The Balaban J connectivity index is 2.20. The summed E-state index contributed by atoms with van der Waals surface area (Å²) < 4.78 is 10.7. The molecule has 0 atom stereocenters. The van der Waals surface area contributed by atoms with Gasteiger partial charge in [-0.25, -0.2) is 0 Å². The van der Waals surface area contributed by atoms with Gasteiger partial charge in [-0.05, 0) is 11.6 Å². The SMILES string of the molecule is COc1cc2c(cc1-c1ccccc1)C(=O)CO2. The zero-order valence-corrected chi connectivity index (χ0v) is 9.97. The monoisotopic (exact) mass is 240 g/mol. The van der Waals surface area contributed by atoms with E-state index in [0.717, 1.165) is 16.9 Å². The van der Waals surface area contributed by atoms with Gasteiger partial charge >= 0.3 is 0 Å². The number of ketones is 1. The maximum absolute atomic E-state index is 11.7. The molecular weight excluding hydrogens is 228 g/mol. The van der Waals surface area contributed by atoms with Crippen LogP contribution in [0, 0.1) is 0 Å². The lowest BCUT2D eigenvalue weighted by Crippen LogP contribution is -1.99. The van der Waals surface area contributed by atoms with E-state index in [1.54, 1.807) is 13.2 Å². The molecule has 0 spiro atoms. The molecule has 0 unspecified atom stereocenters. The van der Waals surface area contributed by atoms with Gasteiger partial charge in [0.2, 0.25) is 5.78 Å². The van der Waals surface area contributed by atoms with Crippen molar-refractivity contribution in [1.82, 2.24) is 0 Å². The minimum Gasteiger partial charge on any atom is -0.496 e. The van der Waals surface area contributed by atoms with Crippen molar-refractivity contribution in [2.24, 2.45) is 0 Å².